The smallest absolute Gasteiger partial charge is 0.249 e. The molecule has 154 valence electrons. The van der Waals surface area contributed by atoms with Gasteiger partial charge in [0.25, 0.3) is 0 Å². The number of nitrogens with zero attached hydrogens (tertiary/aromatic N) is 3. The molecule has 1 amide bonds. The van der Waals surface area contributed by atoms with Crippen molar-refractivity contribution in [2.24, 2.45) is 11.8 Å². The number of carbonyl (C=O) groups is 1. The van der Waals surface area contributed by atoms with E-state index in [-0.39, 0.29) is 17.9 Å². The summed E-state index contributed by atoms with van der Waals surface area (Å²) in [4.78, 5) is 27.5. The van der Waals surface area contributed by atoms with Crippen molar-refractivity contribution >= 4 is 17.5 Å². The topological polar surface area (TPSA) is 55.3 Å². The van der Waals surface area contributed by atoms with Gasteiger partial charge in [0.15, 0.2) is 0 Å². The molecule has 2 aromatic rings. The molecule has 0 N–H and O–H groups in total. The van der Waals surface area contributed by atoms with E-state index in [1.165, 1.54) is 5.56 Å². The summed E-state index contributed by atoms with van der Waals surface area (Å²) in [6.07, 6.45) is 9.29. The lowest BCUT2D eigenvalue weighted by Gasteiger charge is -2.32. The molecule has 1 atom stereocenters. The van der Waals surface area contributed by atoms with Gasteiger partial charge in [0.1, 0.15) is 0 Å². The van der Waals surface area contributed by atoms with Gasteiger partial charge in [-0.2, -0.15) is 0 Å². The molecule has 6 heteroatoms. The van der Waals surface area contributed by atoms with E-state index in [1.54, 1.807) is 11.3 Å². The van der Waals surface area contributed by atoms with E-state index in [2.05, 4.69) is 22.1 Å². The highest BCUT2D eigenvalue weighted by atomic mass is 35.5. The van der Waals surface area contributed by atoms with E-state index < -0.39 is 0 Å². The number of hydrogen-bond donors (Lipinski definition) is 0. The van der Waals surface area contributed by atoms with E-state index in [0.29, 0.717) is 12.5 Å². The molecule has 2 aliphatic rings. The minimum absolute atomic E-state index is 0.0214. The number of pyridine rings is 2. The number of hydroxylamine groups is 2. The highest BCUT2D eigenvalue weighted by molar-refractivity contribution is 6.31. The fourth-order valence-electron chi connectivity index (χ4n) is 4.53. The molecular formula is C23H28ClN3O2. The summed E-state index contributed by atoms with van der Waals surface area (Å²) < 4.78 is 0. The van der Waals surface area contributed by atoms with Crippen LogP contribution in [-0.4, -0.2) is 27.5 Å². The maximum Gasteiger partial charge on any atom is 0.249 e. The molecule has 1 aliphatic heterocycles. The lowest BCUT2D eigenvalue weighted by atomic mass is 9.79. The molecule has 1 saturated heterocycles. The third kappa shape index (κ3) is 4.62. The van der Waals surface area contributed by atoms with Gasteiger partial charge in [-0.15, -0.1) is 0 Å². The predicted molar refractivity (Wildman–Crippen MR) is 112 cm³/mol. The van der Waals surface area contributed by atoms with Crippen LogP contribution in [0.5, 0.6) is 0 Å². The predicted octanol–water partition coefficient (Wildman–Crippen LogP) is 5.00. The first kappa shape index (κ1) is 20.3. The maximum absolute atomic E-state index is 13.2. The first-order chi connectivity index (χ1) is 14.0. The van der Waals surface area contributed by atoms with E-state index in [0.717, 1.165) is 60.5 Å². The van der Waals surface area contributed by atoms with Crippen LogP contribution < -0.4 is 0 Å². The minimum Gasteiger partial charge on any atom is -0.272 e. The van der Waals surface area contributed by atoms with Crippen LogP contribution >= 0.6 is 11.6 Å². The second-order valence-corrected chi connectivity index (χ2v) is 8.78. The number of amides is 1. The Labute approximate surface area is 177 Å². The summed E-state index contributed by atoms with van der Waals surface area (Å²) in [6.45, 7) is 4.54. The molecule has 29 heavy (non-hydrogen) atoms. The SMILES string of the molecule is Cc1ccc([C@@H]2CCON2C(=O)[C@H]2CC[C@H](Cc3cc(C)ncc3Cl)CC2)cn1. The summed E-state index contributed by atoms with van der Waals surface area (Å²) in [7, 11) is 0. The molecule has 2 fully saturated rings. The van der Waals surface area contributed by atoms with E-state index >= 15 is 0 Å². The van der Waals surface area contributed by atoms with Crippen molar-refractivity contribution in [3.8, 4) is 0 Å². The van der Waals surface area contributed by atoms with Gasteiger partial charge in [0.05, 0.1) is 17.7 Å². The lowest BCUT2D eigenvalue weighted by molar-refractivity contribution is -0.183. The van der Waals surface area contributed by atoms with Crippen LogP contribution in [0.3, 0.4) is 0 Å². The van der Waals surface area contributed by atoms with Crippen LogP contribution in [0.1, 0.15) is 60.7 Å². The molecule has 3 heterocycles. The van der Waals surface area contributed by atoms with Crippen LogP contribution in [0.4, 0.5) is 0 Å². The second kappa shape index (κ2) is 8.80. The van der Waals surface area contributed by atoms with Crippen molar-refractivity contribution in [3.63, 3.8) is 0 Å². The van der Waals surface area contributed by atoms with Gasteiger partial charge in [-0.05, 0) is 75.1 Å². The first-order valence-corrected chi connectivity index (χ1v) is 10.9. The van der Waals surface area contributed by atoms with Gasteiger partial charge in [0.2, 0.25) is 5.91 Å². The summed E-state index contributed by atoms with van der Waals surface area (Å²) in [6, 6.07) is 6.11. The zero-order valence-electron chi connectivity index (χ0n) is 17.1. The van der Waals surface area contributed by atoms with Crippen LogP contribution in [0.15, 0.2) is 30.6 Å². The lowest BCUT2D eigenvalue weighted by Crippen LogP contribution is -2.36. The van der Waals surface area contributed by atoms with Gasteiger partial charge >= 0.3 is 0 Å². The number of halogens is 1. The van der Waals surface area contributed by atoms with Crippen LogP contribution in [0.25, 0.3) is 0 Å². The van der Waals surface area contributed by atoms with Gasteiger partial charge in [-0.1, -0.05) is 17.7 Å². The third-order valence-corrected chi connectivity index (χ3v) is 6.56. The summed E-state index contributed by atoms with van der Waals surface area (Å²) in [5, 5.41) is 2.37. The zero-order chi connectivity index (χ0) is 20.4. The summed E-state index contributed by atoms with van der Waals surface area (Å²) >= 11 is 6.32. The van der Waals surface area contributed by atoms with Crippen molar-refractivity contribution in [1.82, 2.24) is 15.0 Å². The van der Waals surface area contributed by atoms with Gasteiger partial charge in [-0.25, -0.2) is 5.06 Å². The minimum atomic E-state index is -0.0214. The summed E-state index contributed by atoms with van der Waals surface area (Å²) in [5.74, 6) is 0.735. The number of carbonyl (C=O) groups excluding carboxylic acids is 1. The highest BCUT2D eigenvalue weighted by Gasteiger charge is 2.37. The molecule has 0 unspecified atom stereocenters. The Morgan fingerprint density at radius 3 is 2.59 bits per heavy atom. The Balaban J connectivity index is 1.36. The standard InChI is InChI=1S/C23H28ClN3O2/c1-15-3-6-19(13-25-15)22-9-10-29-27(22)23(28)18-7-4-17(5-8-18)12-20-11-16(2)26-14-21(20)24/h3,6,11,13-14,17-18,22H,4-5,7-10,12H2,1-2H3/t17-,18-,22-/m0/s1. The normalized spacial score (nSPS) is 24.7. The quantitative estimate of drug-likeness (QED) is 0.707. The van der Waals surface area contributed by atoms with E-state index in [1.807, 2.05) is 26.1 Å². The van der Waals surface area contributed by atoms with Crippen molar-refractivity contribution < 1.29 is 9.63 Å². The fourth-order valence-corrected chi connectivity index (χ4v) is 4.71. The largest absolute Gasteiger partial charge is 0.272 e. The molecule has 4 rings (SSSR count). The first-order valence-electron chi connectivity index (χ1n) is 10.5. The Kier molecular flexibility index (Phi) is 6.16. The number of rotatable bonds is 4. The molecule has 2 aromatic heterocycles. The van der Waals surface area contributed by atoms with Crippen molar-refractivity contribution in [2.75, 3.05) is 6.61 Å². The number of hydrogen-bond acceptors (Lipinski definition) is 4. The van der Waals surface area contributed by atoms with Crippen LogP contribution in [-0.2, 0) is 16.1 Å². The fraction of sp³-hybridized carbons (Fsp3) is 0.522. The van der Waals surface area contributed by atoms with Crippen molar-refractivity contribution in [3.05, 3.63) is 58.1 Å². The molecule has 5 nitrogen and oxygen atoms in total. The Hall–Kier alpha value is -1.98. The second-order valence-electron chi connectivity index (χ2n) is 8.37. The molecule has 0 aromatic carbocycles. The molecule has 1 saturated carbocycles. The molecule has 0 bridgehead atoms. The van der Waals surface area contributed by atoms with Crippen LogP contribution in [0, 0.1) is 25.7 Å². The Morgan fingerprint density at radius 2 is 1.86 bits per heavy atom. The Bertz CT molecular complexity index is 863. The maximum atomic E-state index is 13.2. The number of aromatic nitrogens is 2. The highest BCUT2D eigenvalue weighted by Crippen LogP contribution is 2.37. The van der Waals surface area contributed by atoms with Gasteiger partial charge in [0, 0.05) is 36.1 Å². The van der Waals surface area contributed by atoms with Gasteiger partial charge in [-0.3, -0.25) is 19.6 Å². The van der Waals surface area contributed by atoms with E-state index in [9.17, 15) is 4.79 Å². The number of aryl methyl sites for hydroxylation is 2. The monoisotopic (exact) mass is 413 g/mol. The average Bonchev–Trinajstić information content (AvgIpc) is 3.21. The average molecular weight is 414 g/mol. The molecule has 0 spiro atoms. The molecular weight excluding hydrogens is 386 g/mol. The van der Waals surface area contributed by atoms with E-state index in [4.69, 9.17) is 16.4 Å². The Morgan fingerprint density at radius 1 is 1.10 bits per heavy atom. The van der Waals surface area contributed by atoms with Crippen molar-refractivity contribution in [1.29, 1.82) is 0 Å². The van der Waals surface area contributed by atoms with Gasteiger partial charge < -0.3 is 0 Å². The zero-order valence-corrected chi connectivity index (χ0v) is 17.9. The van der Waals surface area contributed by atoms with Crippen LogP contribution in [0.2, 0.25) is 5.02 Å². The molecule has 1 aliphatic carbocycles. The van der Waals surface area contributed by atoms with Crippen molar-refractivity contribution in [2.45, 2.75) is 58.4 Å². The summed E-state index contributed by atoms with van der Waals surface area (Å²) in [5.41, 5.74) is 4.20. The third-order valence-electron chi connectivity index (χ3n) is 6.22. The molecule has 0 radical (unpaired) electrons.